The van der Waals surface area contributed by atoms with E-state index in [1.165, 1.54) is 4.90 Å². The molecule has 1 amide bonds. The molecule has 6 heteroatoms. The minimum atomic E-state index is -0.780. The number of aliphatic hydroxyl groups excluding tert-OH is 1. The van der Waals surface area contributed by atoms with Crippen molar-refractivity contribution in [1.29, 1.82) is 0 Å². The van der Waals surface area contributed by atoms with Crippen molar-refractivity contribution in [2.75, 3.05) is 4.90 Å². The third kappa shape index (κ3) is 3.55. The lowest BCUT2D eigenvalue weighted by Gasteiger charge is -2.26. The van der Waals surface area contributed by atoms with Crippen molar-refractivity contribution < 1.29 is 14.7 Å². The first kappa shape index (κ1) is 20.4. The summed E-state index contributed by atoms with van der Waals surface area (Å²) in [7, 11) is 0. The van der Waals surface area contributed by atoms with Crippen LogP contribution in [0.1, 0.15) is 22.7 Å². The molecule has 0 saturated carbocycles. The Bertz CT molecular complexity index is 1170. The highest BCUT2D eigenvalue weighted by molar-refractivity contribution is 9.10. The number of halogens is 2. The predicted molar refractivity (Wildman–Crippen MR) is 122 cm³/mol. The summed E-state index contributed by atoms with van der Waals surface area (Å²) in [4.78, 5) is 27.5. The number of benzene rings is 3. The van der Waals surface area contributed by atoms with E-state index in [1.54, 1.807) is 42.5 Å². The van der Waals surface area contributed by atoms with E-state index in [4.69, 9.17) is 11.6 Å². The number of aryl methyl sites for hydroxylation is 1. The Kier molecular flexibility index (Phi) is 5.50. The van der Waals surface area contributed by atoms with Gasteiger partial charge in [-0.15, -0.1) is 0 Å². The lowest BCUT2D eigenvalue weighted by molar-refractivity contribution is -0.132. The molecule has 0 aliphatic carbocycles. The second kappa shape index (κ2) is 8.09. The SMILES string of the molecule is Cc1ccc(N2C(=O)C(=O)/C(=C(/O)c3ccccc3)[C@@H]2c2ccc(Br)cc2)cc1Cl. The summed E-state index contributed by atoms with van der Waals surface area (Å²) in [5.74, 6) is -1.65. The van der Waals surface area contributed by atoms with E-state index in [-0.39, 0.29) is 11.3 Å². The second-order valence-electron chi connectivity index (χ2n) is 7.02. The topological polar surface area (TPSA) is 57.6 Å². The molecule has 1 aliphatic rings. The normalized spacial score (nSPS) is 18.1. The first-order chi connectivity index (χ1) is 14.4. The fourth-order valence-electron chi connectivity index (χ4n) is 3.54. The molecule has 1 atom stereocenters. The monoisotopic (exact) mass is 481 g/mol. The number of hydrogen-bond acceptors (Lipinski definition) is 3. The maximum absolute atomic E-state index is 13.1. The summed E-state index contributed by atoms with van der Waals surface area (Å²) in [6, 6.07) is 20.5. The van der Waals surface area contributed by atoms with Crippen molar-refractivity contribution in [3.8, 4) is 0 Å². The largest absolute Gasteiger partial charge is 0.507 e. The highest BCUT2D eigenvalue weighted by Crippen LogP contribution is 2.43. The van der Waals surface area contributed by atoms with Gasteiger partial charge < -0.3 is 5.11 Å². The number of nitrogens with zero attached hydrogens (tertiary/aromatic N) is 1. The average Bonchev–Trinajstić information content (AvgIpc) is 3.01. The molecule has 4 nitrogen and oxygen atoms in total. The van der Waals surface area contributed by atoms with E-state index in [2.05, 4.69) is 15.9 Å². The molecular formula is C24H17BrClNO3. The van der Waals surface area contributed by atoms with Gasteiger partial charge in [-0.25, -0.2) is 0 Å². The molecule has 0 radical (unpaired) electrons. The molecule has 3 aromatic rings. The standard InChI is InChI=1S/C24H17BrClNO3/c1-14-7-12-18(13-19(14)26)27-21(15-8-10-17(25)11-9-15)20(23(29)24(27)30)22(28)16-5-3-2-4-6-16/h2-13,21,28H,1H3/b22-20+/t21-/m0/s1. The molecule has 0 bridgehead atoms. The summed E-state index contributed by atoms with van der Waals surface area (Å²) >= 11 is 9.70. The lowest BCUT2D eigenvalue weighted by Crippen LogP contribution is -2.29. The zero-order chi connectivity index (χ0) is 21.4. The molecule has 0 aromatic heterocycles. The number of anilines is 1. The highest BCUT2D eigenvalue weighted by atomic mass is 79.9. The van der Waals surface area contributed by atoms with Crippen LogP contribution in [-0.4, -0.2) is 16.8 Å². The van der Waals surface area contributed by atoms with Gasteiger partial charge >= 0.3 is 0 Å². The number of rotatable bonds is 3. The van der Waals surface area contributed by atoms with Crippen LogP contribution in [0.3, 0.4) is 0 Å². The summed E-state index contributed by atoms with van der Waals surface area (Å²) in [5, 5.41) is 11.5. The highest BCUT2D eigenvalue weighted by Gasteiger charge is 2.47. The Hall–Kier alpha value is -2.89. The van der Waals surface area contributed by atoms with Gasteiger partial charge in [-0.2, -0.15) is 0 Å². The smallest absolute Gasteiger partial charge is 0.300 e. The van der Waals surface area contributed by atoms with E-state index < -0.39 is 17.7 Å². The van der Waals surface area contributed by atoms with Crippen LogP contribution in [0.15, 0.2) is 82.8 Å². The summed E-state index contributed by atoms with van der Waals surface area (Å²) < 4.78 is 0.865. The fourth-order valence-corrected chi connectivity index (χ4v) is 3.98. The number of amides is 1. The Labute approximate surface area is 187 Å². The molecule has 3 aromatic carbocycles. The van der Waals surface area contributed by atoms with Crippen molar-refractivity contribution in [3.05, 3.63) is 105 Å². The summed E-state index contributed by atoms with van der Waals surface area (Å²) in [6.45, 7) is 1.86. The zero-order valence-corrected chi connectivity index (χ0v) is 18.3. The van der Waals surface area contributed by atoms with E-state index in [0.29, 0.717) is 21.8 Å². The minimum Gasteiger partial charge on any atom is -0.507 e. The van der Waals surface area contributed by atoms with Crippen molar-refractivity contribution in [2.45, 2.75) is 13.0 Å². The molecule has 1 fully saturated rings. The summed E-state index contributed by atoms with van der Waals surface area (Å²) in [5.41, 5.74) is 2.57. The van der Waals surface area contributed by atoms with Crippen LogP contribution in [0, 0.1) is 6.92 Å². The zero-order valence-electron chi connectivity index (χ0n) is 16.0. The number of carbonyl (C=O) groups is 2. The van der Waals surface area contributed by atoms with Crippen molar-refractivity contribution in [1.82, 2.24) is 0 Å². The maximum Gasteiger partial charge on any atom is 0.300 e. The van der Waals surface area contributed by atoms with E-state index in [9.17, 15) is 14.7 Å². The number of Topliss-reactive ketones (excluding diaryl/α,β-unsaturated/α-hetero) is 1. The summed E-state index contributed by atoms with van der Waals surface area (Å²) in [6.07, 6.45) is 0. The van der Waals surface area contributed by atoms with Gasteiger partial charge in [-0.1, -0.05) is 76.1 Å². The molecule has 1 N–H and O–H groups in total. The van der Waals surface area contributed by atoms with Gasteiger partial charge in [0.05, 0.1) is 11.6 Å². The third-order valence-corrected chi connectivity index (χ3v) is 6.05. The third-order valence-electron chi connectivity index (χ3n) is 5.11. The molecule has 1 heterocycles. The van der Waals surface area contributed by atoms with E-state index in [1.807, 2.05) is 37.3 Å². The number of ketones is 1. The van der Waals surface area contributed by atoms with Gasteiger partial charge in [-0.05, 0) is 42.3 Å². The molecule has 1 aliphatic heterocycles. The number of hydrogen-bond donors (Lipinski definition) is 1. The molecular weight excluding hydrogens is 466 g/mol. The van der Waals surface area contributed by atoms with Crippen molar-refractivity contribution >= 4 is 50.7 Å². The first-order valence-corrected chi connectivity index (χ1v) is 10.4. The molecule has 150 valence electrons. The minimum absolute atomic E-state index is 0.0465. The van der Waals surface area contributed by atoms with Gasteiger partial charge in [0.2, 0.25) is 0 Å². The van der Waals surface area contributed by atoms with Gasteiger partial charge in [0, 0.05) is 20.7 Å². The molecule has 30 heavy (non-hydrogen) atoms. The van der Waals surface area contributed by atoms with E-state index >= 15 is 0 Å². The van der Waals surface area contributed by atoms with Gasteiger partial charge in [0.15, 0.2) is 0 Å². The number of aliphatic hydroxyl groups is 1. The Morgan fingerprint density at radius 2 is 1.67 bits per heavy atom. The van der Waals surface area contributed by atoms with Crippen molar-refractivity contribution in [2.24, 2.45) is 0 Å². The predicted octanol–water partition coefficient (Wildman–Crippen LogP) is 6.04. The maximum atomic E-state index is 13.1. The average molecular weight is 483 g/mol. The van der Waals surface area contributed by atoms with E-state index in [0.717, 1.165) is 10.0 Å². The van der Waals surface area contributed by atoms with Crippen LogP contribution in [0.25, 0.3) is 5.76 Å². The van der Waals surface area contributed by atoms with Crippen molar-refractivity contribution in [3.63, 3.8) is 0 Å². The van der Waals surface area contributed by atoms with Crippen LogP contribution in [0.5, 0.6) is 0 Å². The molecule has 0 unspecified atom stereocenters. The van der Waals surface area contributed by atoms with Gasteiger partial charge in [0.1, 0.15) is 5.76 Å². The van der Waals surface area contributed by atoms with Crippen LogP contribution in [-0.2, 0) is 9.59 Å². The van der Waals surface area contributed by atoms with Gasteiger partial charge in [0.25, 0.3) is 11.7 Å². The van der Waals surface area contributed by atoms with Crippen LogP contribution in [0.2, 0.25) is 5.02 Å². The Balaban J connectivity index is 1.95. The first-order valence-electron chi connectivity index (χ1n) is 9.26. The quantitative estimate of drug-likeness (QED) is 0.281. The van der Waals surface area contributed by atoms with Gasteiger partial charge in [-0.3, -0.25) is 14.5 Å². The molecule has 1 saturated heterocycles. The second-order valence-corrected chi connectivity index (χ2v) is 8.34. The molecule has 4 rings (SSSR count). The van der Waals surface area contributed by atoms with Crippen LogP contribution in [0.4, 0.5) is 5.69 Å². The number of carbonyl (C=O) groups excluding carboxylic acids is 2. The Morgan fingerprint density at radius 1 is 1.00 bits per heavy atom. The molecule has 0 spiro atoms. The Morgan fingerprint density at radius 3 is 2.30 bits per heavy atom. The lowest BCUT2D eigenvalue weighted by atomic mass is 9.95. The fraction of sp³-hybridized carbons (Fsp3) is 0.0833. The van der Waals surface area contributed by atoms with Crippen LogP contribution >= 0.6 is 27.5 Å². The van der Waals surface area contributed by atoms with Crippen LogP contribution < -0.4 is 4.90 Å².